The van der Waals surface area contributed by atoms with E-state index in [2.05, 4.69) is 28.8 Å². The third-order valence-corrected chi connectivity index (χ3v) is 6.87. The number of thiocarbonyl (C=S) groups is 1. The van der Waals surface area contributed by atoms with Gasteiger partial charge in [-0.1, -0.05) is 12.1 Å². The Morgan fingerprint density at radius 2 is 1.88 bits per heavy atom. The number of aryl methyl sites for hydroxylation is 2. The second-order valence-electron chi connectivity index (χ2n) is 8.08. The largest absolute Gasteiger partial charge is 0.497 e. The molecule has 2 aromatic carbocycles. The molecule has 0 fully saturated rings. The molecule has 1 aromatic heterocycles. The zero-order chi connectivity index (χ0) is 24.4. The third kappa shape index (κ3) is 4.51. The van der Waals surface area contributed by atoms with Gasteiger partial charge in [-0.15, -0.1) is 0 Å². The average molecular weight is 494 g/mol. The van der Waals surface area contributed by atoms with Crippen LogP contribution in [-0.2, 0) is 4.79 Å². The third-order valence-electron chi connectivity index (χ3n) is 5.87. The van der Waals surface area contributed by atoms with E-state index in [9.17, 15) is 4.79 Å². The SMILES string of the molecule is COc1ccc(OC)c(NC(=O)C2=C(C)N(c3cc(C)ccc3C)C(=S)NC2c2ccsc2)c1. The molecule has 2 heterocycles. The second kappa shape index (κ2) is 9.87. The van der Waals surface area contributed by atoms with Gasteiger partial charge in [0.2, 0.25) is 0 Å². The monoisotopic (exact) mass is 493 g/mol. The maximum atomic E-state index is 13.8. The van der Waals surface area contributed by atoms with Gasteiger partial charge in [0.15, 0.2) is 5.11 Å². The highest BCUT2D eigenvalue weighted by Gasteiger charge is 2.35. The predicted octanol–water partition coefficient (Wildman–Crippen LogP) is 5.73. The molecule has 8 heteroatoms. The van der Waals surface area contributed by atoms with Gasteiger partial charge in [0.25, 0.3) is 5.91 Å². The summed E-state index contributed by atoms with van der Waals surface area (Å²) in [5.74, 6) is 0.923. The van der Waals surface area contributed by atoms with Crippen LogP contribution in [0.3, 0.4) is 0 Å². The fourth-order valence-corrected chi connectivity index (χ4v) is 5.12. The predicted molar refractivity (Wildman–Crippen MR) is 142 cm³/mol. The molecule has 0 radical (unpaired) electrons. The first kappa shape index (κ1) is 23.8. The molecule has 1 aliphatic rings. The van der Waals surface area contributed by atoms with Crippen molar-refractivity contribution in [2.45, 2.75) is 26.8 Å². The minimum absolute atomic E-state index is 0.245. The van der Waals surface area contributed by atoms with E-state index in [-0.39, 0.29) is 11.9 Å². The molecule has 0 spiro atoms. The Morgan fingerprint density at radius 1 is 1.09 bits per heavy atom. The summed E-state index contributed by atoms with van der Waals surface area (Å²) in [6.07, 6.45) is 0. The van der Waals surface area contributed by atoms with E-state index in [0.29, 0.717) is 27.9 Å². The van der Waals surface area contributed by atoms with E-state index < -0.39 is 0 Å². The second-order valence-corrected chi connectivity index (χ2v) is 9.25. The molecule has 0 saturated carbocycles. The summed E-state index contributed by atoms with van der Waals surface area (Å²) in [6.45, 7) is 6.02. The quantitative estimate of drug-likeness (QED) is 0.428. The maximum Gasteiger partial charge on any atom is 0.255 e. The number of hydrogen-bond donors (Lipinski definition) is 2. The summed E-state index contributed by atoms with van der Waals surface area (Å²) in [4.78, 5) is 15.8. The number of carbonyl (C=O) groups excluding carboxylic acids is 1. The fourth-order valence-electron chi connectivity index (χ4n) is 4.08. The van der Waals surface area contributed by atoms with Crippen molar-refractivity contribution in [2.75, 3.05) is 24.4 Å². The number of amides is 1. The van der Waals surface area contributed by atoms with Gasteiger partial charge in [-0.25, -0.2) is 0 Å². The van der Waals surface area contributed by atoms with Crippen LogP contribution in [0, 0.1) is 13.8 Å². The standard InChI is InChI=1S/C26H27N3O3S2/c1-15-6-7-16(2)21(12-15)29-17(3)23(24(28-26(29)33)18-10-11-34-14-18)25(30)27-20-13-19(31-4)8-9-22(20)32-5/h6-14,24H,1-5H3,(H,27,30)(H,28,33). The molecule has 1 aliphatic heterocycles. The van der Waals surface area contributed by atoms with E-state index in [0.717, 1.165) is 28.1 Å². The molecule has 1 amide bonds. The molecule has 3 aromatic rings. The van der Waals surface area contributed by atoms with Gasteiger partial charge in [0.1, 0.15) is 11.5 Å². The van der Waals surface area contributed by atoms with E-state index in [1.807, 2.05) is 42.5 Å². The van der Waals surface area contributed by atoms with Crippen LogP contribution in [0.15, 0.2) is 64.5 Å². The molecule has 4 rings (SSSR count). The fraction of sp³-hybridized carbons (Fsp3) is 0.231. The van der Waals surface area contributed by atoms with Gasteiger partial charge in [-0.2, -0.15) is 11.3 Å². The summed E-state index contributed by atoms with van der Waals surface area (Å²) in [6, 6.07) is 13.1. The first-order valence-electron chi connectivity index (χ1n) is 10.8. The number of ether oxygens (including phenoxy) is 2. The van der Waals surface area contributed by atoms with Crippen molar-refractivity contribution in [1.82, 2.24) is 5.32 Å². The summed E-state index contributed by atoms with van der Waals surface area (Å²) in [5.41, 5.74) is 5.99. The Balaban J connectivity index is 1.83. The lowest BCUT2D eigenvalue weighted by Gasteiger charge is -2.38. The summed E-state index contributed by atoms with van der Waals surface area (Å²) < 4.78 is 10.8. The van der Waals surface area contributed by atoms with Crippen LogP contribution in [-0.4, -0.2) is 25.2 Å². The number of anilines is 2. The smallest absolute Gasteiger partial charge is 0.255 e. The number of benzene rings is 2. The van der Waals surface area contributed by atoms with Crippen molar-refractivity contribution in [3.63, 3.8) is 0 Å². The van der Waals surface area contributed by atoms with Crippen LogP contribution >= 0.6 is 23.6 Å². The number of methoxy groups -OCH3 is 2. The van der Waals surface area contributed by atoms with Crippen LogP contribution in [0.25, 0.3) is 0 Å². The van der Waals surface area contributed by atoms with Crippen molar-refractivity contribution < 1.29 is 14.3 Å². The Morgan fingerprint density at radius 3 is 2.56 bits per heavy atom. The van der Waals surface area contributed by atoms with Gasteiger partial charge in [-0.3, -0.25) is 9.69 Å². The van der Waals surface area contributed by atoms with Gasteiger partial charge in [0, 0.05) is 11.8 Å². The number of hydrogen-bond acceptors (Lipinski definition) is 5. The maximum absolute atomic E-state index is 13.8. The molecular formula is C26H27N3O3S2. The van der Waals surface area contributed by atoms with Crippen molar-refractivity contribution in [3.05, 3.63) is 81.2 Å². The van der Waals surface area contributed by atoms with Crippen LogP contribution in [0.4, 0.5) is 11.4 Å². The van der Waals surface area contributed by atoms with E-state index >= 15 is 0 Å². The van der Waals surface area contributed by atoms with Crippen molar-refractivity contribution >= 4 is 45.9 Å². The van der Waals surface area contributed by atoms with E-state index in [1.165, 1.54) is 0 Å². The zero-order valence-corrected chi connectivity index (χ0v) is 21.4. The summed E-state index contributed by atoms with van der Waals surface area (Å²) in [5, 5.41) is 11.0. The molecule has 0 aliphatic carbocycles. The lowest BCUT2D eigenvalue weighted by atomic mass is 9.95. The van der Waals surface area contributed by atoms with Gasteiger partial charge in [-0.05, 0) is 84.7 Å². The molecule has 1 atom stereocenters. The van der Waals surface area contributed by atoms with Crippen LogP contribution in [0.1, 0.15) is 29.7 Å². The van der Waals surface area contributed by atoms with Crippen molar-refractivity contribution in [3.8, 4) is 11.5 Å². The first-order chi connectivity index (χ1) is 16.3. The number of nitrogens with zero attached hydrogens (tertiary/aromatic N) is 1. The van der Waals surface area contributed by atoms with Gasteiger partial charge < -0.3 is 20.1 Å². The van der Waals surface area contributed by atoms with Crippen molar-refractivity contribution in [2.24, 2.45) is 0 Å². The van der Waals surface area contributed by atoms with Crippen LogP contribution in [0.5, 0.6) is 11.5 Å². The van der Waals surface area contributed by atoms with Gasteiger partial charge in [0.05, 0.1) is 37.2 Å². The first-order valence-corrected chi connectivity index (χ1v) is 12.1. The number of rotatable bonds is 6. The number of nitrogens with one attached hydrogen (secondary N) is 2. The average Bonchev–Trinajstić information content (AvgIpc) is 3.35. The van der Waals surface area contributed by atoms with E-state index in [4.69, 9.17) is 21.7 Å². The highest BCUT2D eigenvalue weighted by molar-refractivity contribution is 7.80. The number of carbonyl (C=O) groups is 1. The van der Waals surface area contributed by atoms with Crippen molar-refractivity contribution in [1.29, 1.82) is 0 Å². The zero-order valence-electron chi connectivity index (χ0n) is 19.8. The minimum Gasteiger partial charge on any atom is -0.497 e. The van der Waals surface area contributed by atoms with Crippen LogP contribution < -0.4 is 25.0 Å². The Kier molecular flexibility index (Phi) is 6.90. The molecule has 0 bridgehead atoms. The number of allylic oxidation sites excluding steroid dienone is 1. The Bertz CT molecular complexity index is 1270. The molecule has 0 saturated heterocycles. The van der Waals surface area contributed by atoms with E-state index in [1.54, 1.807) is 43.8 Å². The molecule has 34 heavy (non-hydrogen) atoms. The lowest BCUT2D eigenvalue weighted by molar-refractivity contribution is -0.113. The molecule has 2 N–H and O–H groups in total. The van der Waals surface area contributed by atoms with Gasteiger partial charge >= 0.3 is 0 Å². The molecule has 1 unspecified atom stereocenters. The molecule has 176 valence electrons. The summed E-state index contributed by atoms with van der Waals surface area (Å²) >= 11 is 7.38. The molecule has 6 nitrogen and oxygen atoms in total. The lowest BCUT2D eigenvalue weighted by Crippen LogP contribution is -2.48. The Hall–Kier alpha value is -3.36. The summed E-state index contributed by atoms with van der Waals surface area (Å²) in [7, 11) is 3.15. The normalized spacial score (nSPS) is 15.7. The highest BCUT2D eigenvalue weighted by Crippen LogP contribution is 2.37. The Labute approximate surface area is 209 Å². The highest BCUT2D eigenvalue weighted by atomic mass is 32.1. The minimum atomic E-state index is -0.378. The number of thiophene rings is 1. The topological polar surface area (TPSA) is 62.8 Å². The van der Waals surface area contributed by atoms with Crippen LogP contribution in [0.2, 0.25) is 0 Å². The molecular weight excluding hydrogens is 466 g/mol.